The summed E-state index contributed by atoms with van der Waals surface area (Å²) in [4.78, 5) is 0. The first-order valence-electron chi connectivity index (χ1n) is 7.35. The van der Waals surface area contributed by atoms with Crippen LogP contribution in [0.2, 0.25) is 0 Å². The third-order valence-corrected chi connectivity index (χ3v) is 3.98. The fraction of sp³-hybridized carbons (Fsp3) is 0.333. The molecule has 0 bridgehead atoms. The van der Waals surface area contributed by atoms with Crippen LogP contribution in [0, 0.1) is 6.92 Å². The van der Waals surface area contributed by atoms with Gasteiger partial charge >= 0.3 is 0 Å². The van der Waals surface area contributed by atoms with Crippen molar-refractivity contribution in [3.05, 3.63) is 58.7 Å². The molecule has 0 radical (unpaired) electrons. The molecule has 2 aromatic carbocycles. The zero-order valence-corrected chi connectivity index (χ0v) is 12.0. The maximum atomic E-state index is 6.08. The van der Waals surface area contributed by atoms with Gasteiger partial charge in [0, 0.05) is 0 Å². The van der Waals surface area contributed by atoms with E-state index in [0.717, 1.165) is 23.5 Å². The lowest BCUT2D eigenvalue weighted by molar-refractivity contribution is 0.477. The van der Waals surface area contributed by atoms with Gasteiger partial charge in [0.25, 0.3) is 0 Å². The summed E-state index contributed by atoms with van der Waals surface area (Å²) in [6, 6.07) is 12.8. The van der Waals surface area contributed by atoms with E-state index in [4.69, 9.17) is 10.5 Å². The quantitative estimate of drug-likeness (QED) is 0.915. The van der Waals surface area contributed by atoms with E-state index in [2.05, 4.69) is 43.3 Å². The van der Waals surface area contributed by atoms with Gasteiger partial charge in [-0.3, -0.25) is 0 Å². The van der Waals surface area contributed by atoms with Crippen LogP contribution in [0.3, 0.4) is 0 Å². The molecule has 3 rings (SSSR count). The molecule has 0 amide bonds. The topological polar surface area (TPSA) is 35.2 Å². The van der Waals surface area contributed by atoms with Crippen molar-refractivity contribution >= 4 is 0 Å². The van der Waals surface area contributed by atoms with Crippen molar-refractivity contribution in [3.63, 3.8) is 0 Å². The van der Waals surface area contributed by atoms with Crippen LogP contribution in [0.15, 0.2) is 36.4 Å². The molecule has 0 unspecified atom stereocenters. The van der Waals surface area contributed by atoms with Crippen LogP contribution < -0.4 is 10.5 Å². The Balaban J connectivity index is 1.85. The largest absolute Gasteiger partial charge is 0.457 e. The van der Waals surface area contributed by atoms with Crippen LogP contribution in [0.4, 0.5) is 0 Å². The standard InChI is InChI=1S/C18H21NO/c1-13-5-6-14(9-10-19)11-18(13)20-17-8-7-15-3-2-4-16(15)12-17/h5-8,11-12H,2-4,9-10,19H2,1H3. The number of ether oxygens (including phenoxy) is 1. The van der Waals surface area contributed by atoms with Crippen LogP contribution in [0.1, 0.15) is 28.7 Å². The molecular formula is C18H21NO. The normalized spacial score (nSPS) is 13.3. The number of fused-ring (bicyclic) bond motifs is 1. The van der Waals surface area contributed by atoms with E-state index < -0.39 is 0 Å². The average molecular weight is 267 g/mol. The van der Waals surface area contributed by atoms with E-state index in [1.54, 1.807) is 0 Å². The molecule has 20 heavy (non-hydrogen) atoms. The van der Waals surface area contributed by atoms with Gasteiger partial charge in [0.1, 0.15) is 11.5 Å². The minimum Gasteiger partial charge on any atom is -0.457 e. The van der Waals surface area contributed by atoms with Gasteiger partial charge in [-0.1, -0.05) is 18.2 Å². The van der Waals surface area contributed by atoms with Crippen molar-refractivity contribution in [1.82, 2.24) is 0 Å². The second-order valence-electron chi connectivity index (χ2n) is 5.52. The van der Waals surface area contributed by atoms with Gasteiger partial charge in [0.2, 0.25) is 0 Å². The van der Waals surface area contributed by atoms with Gasteiger partial charge < -0.3 is 10.5 Å². The molecule has 0 heterocycles. The van der Waals surface area contributed by atoms with Crippen molar-refractivity contribution in [1.29, 1.82) is 0 Å². The second kappa shape index (κ2) is 5.68. The lowest BCUT2D eigenvalue weighted by Gasteiger charge is -2.11. The zero-order chi connectivity index (χ0) is 13.9. The summed E-state index contributed by atoms with van der Waals surface area (Å²) in [6.07, 6.45) is 4.55. The summed E-state index contributed by atoms with van der Waals surface area (Å²) in [5.41, 5.74) is 10.9. The van der Waals surface area contributed by atoms with E-state index in [0.29, 0.717) is 6.54 Å². The summed E-state index contributed by atoms with van der Waals surface area (Å²) in [5, 5.41) is 0. The number of hydrogen-bond donors (Lipinski definition) is 1. The molecule has 0 fully saturated rings. The third kappa shape index (κ3) is 2.70. The highest BCUT2D eigenvalue weighted by molar-refractivity contribution is 5.43. The molecule has 1 aliphatic carbocycles. The highest BCUT2D eigenvalue weighted by atomic mass is 16.5. The minimum atomic E-state index is 0.668. The summed E-state index contributed by atoms with van der Waals surface area (Å²) < 4.78 is 6.08. The van der Waals surface area contributed by atoms with Gasteiger partial charge in [-0.2, -0.15) is 0 Å². The van der Waals surface area contributed by atoms with Crippen LogP contribution in [0.25, 0.3) is 0 Å². The van der Waals surface area contributed by atoms with Crippen molar-refractivity contribution in [2.24, 2.45) is 5.73 Å². The highest BCUT2D eigenvalue weighted by Crippen LogP contribution is 2.30. The van der Waals surface area contributed by atoms with Crippen LogP contribution in [0.5, 0.6) is 11.5 Å². The molecule has 0 aromatic heterocycles. The smallest absolute Gasteiger partial charge is 0.130 e. The maximum absolute atomic E-state index is 6.08. The maximum Gasteiger partial charge on any atom is 0.130 e. The molecule has 2 N–H and O–H groups in total. The summed E-state index contributed by atoms with van der Waals surface area (Å²) in [5.74, 6) is 1.88. The highest BCUT2D eigenvalue weighted by Gasteiger charge is 2.12. The third-order valence-electron chi connectivity index (χ3n) is 3.98. The van der Waals surface area contributed by atoms with Crippen molar-refractivity contribution in [2.75, 3.05) is 6.54 Å². The average Bonchev–Trinajstić information content (AvgIpc) is 2.90. The molecule has 2 aromatic rings. The molecule has 1 aliphatic rings. The van der Waals surface area contributed by atoms with Crippen molar-refractivity contribution in [3.8, 4) is 11.5 Å². The molecule has 0 atom stereocenters. The Kier molecular flexibility index (Phi) is 3.75. The van der Waals surface area contributed by atoms with E-state index in [1.807, 2.05) is 0 Å². The summed E-state index contributed by atoms with van der Waals surface area (Å²) in [7, 11) is 0. The van der Waals surface area contributed by atoms with E-state index in [-0.39, 0.29) is 0 Å². The zero-order valence-electron chi connectivity index (χ0n) is 12.0. The van der Waals surface area contributed by atoms with Gasteiger partial charge in [-0.25, -0.2) is 0 Å². The molecule has 0 aliphatic heterocycles. The Morgan fingerprint density at radius 2 is 1.90 bits per heavy atom. The lowest BCUT2D eigenvalue weighted by atomic mass is 10.1. The van der Waals surface area contributed by atoms with E-state index in [9.17, 15) is 0 Å². The molecule has 2 heteroatoms. The number of aryl methyl sites for hydroxylation is 3. The van der Waals surface area contributed by atoms with Gasteiger partial charge in [0.05, 0.1) is 0 Å². The van der Waals surface area contributed by atoms with Gasteiger partial charge in [-0.05, 0) is 79.6 Å². The molecular weight excluding hydrogens is 246 g/mol. The lowest BCUT2D eigenvalue weighted by Crippen LogP contribution is -2.03. The first kappa shape index (κ1) is 13.2. The number of benzene rings is 2. The van der Waals surface area contributed by atoms with E-state index in [1.165, 1.54) is 36.0 Å². The molecule has 2 nitrogen and oxygen atoms in total. The first-order chi connectivity index (χ1) is 9.76. The van der Waals surface area contributed by atoms with Gasteiger partial charge in [-0.15, -0.1) is 0 Å². The second-order valence-corrected chi connectivity index (χ2v) is 5.52. The number of nitrogens with two attached hydrogens (primary N) is 1. The van der Waals surface area contributed by atoms with Crippen molar-refractivity contribution < 1.29 is 4.74 Å². The van der Waals surface area contributed by atoms with Gasteiger partial charge in [0.15, 0.2) is 0 Å². The van der Waals surface area contributed by atoms with Crippen molar-refractivity contribution in [2.45, 2.75) is 32.6 Å². The summed E-state index contributed by atoms with van der Waals surface area (Å²) in [6.45, 7) is 2.75. The van der Waals surface area contributed by atoms with Crippen LogP contribution in [-0.4, -0.2) is 6.54 Å². The predicted molar refractivity (Wildman–Crippen MR) is 82.5 cm³/mol. The molecule has 0 spiro atoms. The fourth-order valence-electron chi connectivity index (χ4n) is 2.82. The predicted octanol–water partition coefficient (Wildman–Crippen LogP) is 3.78. The Hall–Kier alpha value is -1.80. The SMILES string of the molecule is Cc1ccc(CCN)cc1Oc1ccc2c(c1)CCC2. The Bertz CT molecular complexity index is 619. The molecule has 0 saturated carbocycles. The molecule has 104 valence electrons. The van der Waals surface area contributed by atoms with E-state index >= 15 is 0 Å². The van der Waals surface area contributed by atoms with Crippen LogP contribution in [-0.2, 0) is 19.3 Å². The Morgan fingerprint density at radius 1 is 1.05 bits per heavy atom. The Labute approximate surface area is 120 Å². The molecule has 0 saturated heterocycles. The first-order valence-corrected chi connectivity index (χ1v) is 7.35. The summed E-state index contributed by atoms with van der Waals surface area (Å²) >= 11 is 0. The number of rotatable bonds is 4. The Morgan fingerprint density at radius 3 is 2.75 bits per heavy atom. The number of hydrogen-bond acceptors (Lipinski definition) is 2. The minimum absolute atomic E-state index is 0.668. The fourth-order valence-corrected chi connectivity index (χ4v) is 2.82. The van der Waals surface area contributed by atoms with Crippen LogP contribution >= 0.6 is 0 Å². The monoisotopic (exact) mass is 267 g/mol.